The molecule has 0 amide bonds. The summed E-state index contributed by atoms with van der Waals surface area (Å²) >= 11 is 0. The van der Waals surface area contributed by atoms with E-state index in [4.69, 9.17) is 4.52 Å². The Bertz CT molecular complexity index is 383. The molecule has 0 aliphatic rings. The average Bonchev–Trinajstić information content (AvgIpc) is 2.60. The number of hydrogen-bond donors (Lipinski definition) is 1. The Morgan fingerprint density at radius 1 is 0.786 bits per heavy atom. The van der Waals surface area contributed by atoms with Crippen LogP contribution in [0.3, 0.4) is 0 Å². The van der Waals surface area contributed by atoms with E-state index < -0.39 is 7.60 Å². The van der Waals surface area contributed by atoms with Gasteiger partial charge in [0.25, 0.3) is 0 Å². The van der Waals surface area contributed by atoms with Crippen molar-refractivity contribution in [1.29, 1.82) is 0 Å². The molecule has 1 atom stereocenters. The molecule has 0 aromatic carbocycles. The van der Waals surface area contributed by atoms with Gasteiger partial charge in [0.1, 0.15) is 13.2 Å². The average molecular weight is 420 g/mol. The van der Waals surface area contributed by atoms with Crippen LogP contribution in [0.25, 0.3) is 0 Å². The number of quaternary nitrogens is 1. The van der Waals surface area contributed by atoms with E-state index >= 15 is 0 Å². The minimum Gasteiger partial charge on any atom is -0.329 e. The van der Waals surface area contributed by atoms with E-state index in [9.17, 15) is 9.46 Å². The lowest BCUT2D eigenvalue weighted by Gasteiger charge is -2.24. The van der Waals surface area contributed by atoms with Crippen LogP contribution < -0.4 is 0 Å². The van der Waals surface area contributed by atoms with Gasteiger partial charge in [0.2, 0.25) is 0 Å². The Balaban J connectivity index is 3.29. The zero-order chi connectivity index (χ0) is 21.1. The second-order valence-electron chi connectivity index (χ2n) is 9.32. The van der Waals surface area contributed by atoms with E-state index in [0.29, 0.717) is 6.61 Å². The number of likely N-dealkylation sites (N-methyl/N-ethyl adjacent to an activating group) is 1. The molecule has 4 nitrogen and oxygen atoms in total. The first-order valence-electron chi connectivity index (χ1n) is 11.9. The highest BCUT2D eigenvalue weighted by atomic mass is 31.2. The summed E-state index contributed by atoms with van der Waals surface area (Å²) in [6.45, 7) is 3.37. The number of nitrogens with zero attached hydrogens (tertiary/aromatic N) is 1. The first-order valence-corrected chi connectivity index (χ1v) is 13.6. The second-order valence-corrected chi connectivity index (χ2v) is 11.3. The van der Waals surface area contributed by atoms with E-state index in [1.165, 1.54) is 77.0 Å². The Morgan fingerprint density at radius 3 is 1.75 bits per heavy atom. The van der Waals surface area contributed by atoms with E-state index in [1.807, 2.05) is 0 Å². The van der Waals surface area contributed by atoms with Crippen molar-refractivity contribution in [3.8, 4) is 0 Å². The molecule has 1 radical (unpaired) electrons. The van der Waals surface area contributed by atoms with Crippen LogP contribution in [0, 0.1) is 6.42 Å². The molecule has 0 heterocycles. The smallest absolute Gasteiger partial charge is 0.328 e. The van der Waals surface area contributed by atoms with Gasteiger partial charge in [-0.05, 0) is 19.3 Å². The first-order chi connectivity index (χ1) is 13.3. The quantitative estimate of drug-likeness (QED) is 0.124. The van der Waals surface area contributed by atoms with Gasteiger partial charge in [-0.15, -0.1) is 0 Å². The molecule has 0 spiro atoms. The molecule has 0 saturated heterocycles. The molecule has 1 N–H and O–H groups in total. The van der Waals surface area contributed by atoms with Crippen LogP contribution in [0.5, 0.6) is 0 Å². The highest BCUT2D eigenvalue weighted by molar-refractivity contribution is 7.52. The summed E-state index contributed by atoms with van der Waals surface area (Å²) < 4.78 is 17.9. The van der Waals surface area contributed by atoms with Crippen LogP contribution in [0.1, 0.15) is 103 Å². The summed E-state index contributed by atoms with van der Waals surface area (Å²) in [5.41, 5.74) is 0. The predicted molar refractivity (Wildman–Crippen MR) is 123 cm³/mol. The molecule has 28 heavy (non-hydrogen) atoms. The van der Waals surface area contributed by atoms with Gasteiger partial charge in [0.05, 0.1) is 21.1 Å². The van der Waals surface area contributed by atoms with E-state index in [1.54, 1.807) is 0 Å². The molecule has 5 heteroatoms. The highest BCUT2D eigenvalue weighted by Gasteiger charge is 2.20. The van der Waals surface area contributed by atoms with Crippen molar-refractivity contribution in [2.45, 2.75) is 103 Å². The van der Waals surface area contributed by atoms with E-state index in [0.717, 1.165) is 30.3 Å². The molecule has 0 aromatic heterocycles. The van der Waals surface area contributed by atoms with Crippen LogP contribution in [-0.4, -0.2) is 49.8 Å². The van der Waals surface area contributed by atoms with Crippen LogP contribution in [0.2, 0.25) is 0 Å². The van der Waals surface area contributed by atoms with Gasteiger partial charge in [-0.1, -0.05) is 90.4 Å². The maximum atomic E-state index is 12.0. The van der Waals surface area contributed by atoms with Crippen molar-refractivity contribution >= 4 is 7.60 Å². The largest absolute Gasteiger partial charge is 0.329 e. The predicted octanol–water partition coefficient (Wildman–Crippen LogP) is 6.97. The van der Waals surface area contributed by atoms with Gasteiger partial charge in [-0.25, -0.2) is 0 Å². The number of hydrogen-bond acceptors (Lipinski definition) is 2. The van der Waals surface area contributed by atoms with Crippen molar-refractivity contribution in [3.63, 3.8) is 0 Å². The number of unbranched alkanes of at least 4 members (excludes halogenated alkanes) is 15. The minimum atomic E-state index is -3.40. The molecule has 0 aliphatic carbocycles. The molecule has 169 valence electrons. The lowest BCUT2D eigenvalue weighted by Crippen LogP contribution is -2.37. The van der Waals surface area contributed by atoms with Crippen molar-refractivity contribution < 1.29 is 18.5 Å². The summed E-state index contributed by atoms with van der Waals surface area (Å²) in [5, 5.41) is 0. The summed E-state index contributed by atoms with van der Waals surface area (Å²) in [7, 11) is 2.76. The monoisotopic (exact) mass is 419 g/mol. The Kier molecular flexibility index (Phi) is 18.0. The third-order valence-electron chi connectivity index (χ3n) is 5.17. The van der Waals surface area contributed by atoms with Gasteiger partial charge < -0.3 is 13.9 Å². The first kappa shape index (κ1) is 28.1. The van der Waals surface area contributed by atoms with Gasteiger partial charge in [-0.2, -0.15) is 0 Å². The summed E-state index contributed by atoms with van der Waals surface area (Å²) in [6, 6.07) is 0. The molecule has 0 rings (SSSR count). The molecule has 0 saturated carbocycles. The van der Waals surface area contributed by atoms with E-state index in [2.05, 4.69) is 34.5 Å². The van der Waals surface area contributed by atoms with Gasteiger partial charge >= 0.3 is 7.60 Å². The van der Waals surface area contributed by atoms with E-state index in [-0.39, 0.29) is 6.16 Å². The Labute approximate surface area is 176 Å². The molecule has 0 aromatic rings. The van der Waals surface area contributed by atoms with Crippen molar-refractivity contribution in [2.24, 2.45) is 0 Å². The Morgan fingerprint density at radius 2 is 1.25 bits per heavy atom. The second kappa shape index (κ2) is 17.9. The van der Waals surface area contributed by atoms with Gasteiger partial charge in [-0.3, -0.25) is 4.57 Å². The standard InChI is InChI=1S/C23H49NO3P/c1-5-6-7-8-9-10-11-12-13-14-15-16-17-18-19-20-23-28(25,26)27-22-21-24(2,3)4/h18H,5-17,19-23H2,1-4H3/p+1. The van der Waals surface area contributed by atoms with Gasteiger partial charge in [0, 0.05) is 6.16 Å². The summed E-state index contributed by atoms with van der Waals surface area (Å²) in [4.78, 5) is 9.84. The minimum absolute atomic E-state index is 0.277. The topological polar surface area (TPSA) is 46.5 Å². The molecule has 0 fully saturated rings. The lowest BCUT2D eigenvalue weighted by molar-refractivity contribution is -0.870. The van der Waals surface area contributed by atoms with Crippen molar-refractivity contribution in [2.75, 3.05) is 40.5 Å². The molecule has 0 bridgehead atoms. The Hall–Kier alpha value is 0.110. The third-order valence-corrected chi connectivity index (χ3v) is 6.63. The van der Waals surface area contributed by atoms with Crippen LogP contribution in [0.4, 0.5) is 0 Å². The zero-order valence-corrected chi connectivity index (χ0v) is 20.4. The van der Waals surface area contributed by atoms with Crippen LogP contribution in [0.15, 0.2) is 0 Å². The molecular formula is C23H50NO3P+. The number of rotatable bonds is 21. The summed E-state index contributed by atoms with van der Waals surface area (Å²) in [5.74, 6) is 0. The zero-order valence-electron chi connectivity index (χ0n) is 19.5. The third kappa shape index (κ3) is 22.4. The maximum Gasteiger partial charge on any atom is 0.328 e. The van der Waals surface area contributed by atoms with Crippen LogP contribution in [-0.2, 0) is 9.09 Å². The SMILES string of the molecule is CCCCCCCCCCCCCC[CH]CCCP(=O)(O)OCC[N+](C)(C)C. The van der Waals surface area contributed by atoms with Gasteiger partial charge in [0.15, 0.2) is 0 Å². The fourth-order valence-electron chi connectivity index (χ4n) is 3.23. The maximum absolute atomic E-state index is 12.0. The fourth-order valence-corrected chi connectivity index (χ4v) is 4.31. The fraction of sp³-hybridized carbons (Fsp3) is 0.957. The normalized spacial score (nSPS) is 14.3. The lowest BCUT2D eigenvalue weighted by atomic mass is 10.0. The van der Waals surface area contributed by atoms with Crippen molar-refractivity contribution in [1.82, 2.24) is 0 Å². The molecule has 0 aliphatic heterocycles. The van der Waals surface area contributed by atoms with Crippen molar-refractivity contribution in [3.05, 3.63) is 6.42 Å². The summed E-state index contributed by atoms with van der Waals surface area (Å²) in [6.07, 6.45) is 21.9. The van der Waals surface area contributed by atoms with Crippen LogP contribution >= 0.6 is 7.60 Å². The molecular weight excluding hydrogens is 369 g/mol. The highest BCUT2D eigenvalue weighted by Crippen LogP contribution is 2.42. The molecule has 1 unspecified atom stereocenters.